The van der Waals surface area contributed by atoms with Crippen LogP contribution in [0.3, 0.4) is 0 Å². The molecule has 4 heteroatoms. The number of aliphatic hydroxyl groups excluding tert-OH is 1. The van der Waals surface area contributed by atoms with Crippen LogP contribution in [0.15, 0.2) is 18.2 Å². The van der Waals surface area contributed by atoms with Gasteiger partial charge < -0.3 is 14.7 Å². The highest BCUT2D eigenvalue weighted by Gasteiger charge is 2.20. The smallest absolute Gasteiger partial charge is 0.125 e. The van der Waals surface area contributed by atoms with Gasteiger partial charge in [0.05, 0.1) is 12.7 Å². The molecule has 1 aliphatic rings. The van der Waals surface area contributed by atoms with Gasteiger partial charge in [0.15, 0.2) is 0 Å². The minimum Gasteiger partial charge on any atom is -0.392 e. The molecule has 1 heterocycles. The first-order valence-corrected chi connectivity index (χ1v) is 5.91. The van der Waals surface area contributed by atoms with E-state index in [0.717, 1.165) is 31.6 Å². The highest BCUT2D eigenvalue weighted by Crippen LogP contribution is 2.23. The van der Waals surface area contributed by atoms with Crippen molar-refractivity contribution < 1.29 is 14.2 Å². The van der Waals surface area contributed by atoms with Crippen molar-refractivity contribution in [1.82, 2.24) is 0 Å². The lowest BCUT2D eigenvalue weighted by Gasteiger charge is -2.33. The first-order valence-electron chi connectivity index (χ1n) is 5.91. The van der Waals surface area contributed by atoms with E-state index < -0.39 is 0 Å². The topological polar surface area (TPSA) is 32.7 Å². The van der Waals surface area contributed by atoms with E-state index in [2.05, 4.69) is 4.90 Å². The Balaban J connectivity index is 2.18. The van der Waals surface area contributed by atoms with Crippen molar-refractivity contribution in [2.24, 2.45) is 0 Å². The molecule has 94 valence electrons. The number of benzene rings is 1. The molecule has 0 radical (unpaired) electrons. The molecule has 17 heavy (non-hydrogen) atoms. The highest BCUT2D eigenvalue weighted by atomic mass is 19.1. The van der Waals surface area contributed by atoms with Crippen molar-refractivity contribution in [2.45, 2.75) is 25.6 Å². The van der Waals surface area contributed by atoms with E-state index in [1.807, 2.05) is 6.07 Å². The number of halogens is 1. The molecule has 1 N–H and O–H groups in total. The van der Waals surface area contributed by atoms with E-state index in [1.54, 1.807) is 7.11 Å². The molecular weight excluding hydrogens is 221 g/mol. The van der Waals surface area contributed by atoms with E-state index in [9.17, 15) is 4.39 Å². The number of hydrogen-bond donors (Lipinski definition) is 1. The molecule has 0 aromatic heterocycles. The molecule has 0 aliphatic carbocycles. The molecule has 2 rings (SSSR count). The fraction of sp³-hybridized carbons (Fsp3) is 0.538. The fourth-order valence-electron chi connectivity index (χ4n) is 2.27. The predicted octanol–water partition coefficient (Wildman–Crippen LogP) is 1.93. The first-order chi connectivity index (χ1) is 8.22. The average molecular weight is 239 g/mol. The van der Waals surface area contributed by atoms with Gasteiger partial charge >= 0.3 is 0 Å². The largest absolute Gasteiger partial charge is 0.392 e. The van der Waals surface area contributed by atoms with Crippen LogP contribution in [-0.4, -0.2) is 31.4 Å². The third-order valence-corrected chi connectivity index (χ3v) is 3.20. The summed E-state index contributed by atoms with van der Waals surface area (Å²) in [6.07, 6.45) is 2.31. The number of nitrogens with zero attached hydrogens (tertiary/aromatic N) is 1. The van der Waals surface area contributed by atoms with Gasteiger partial charge in [-0.3, -0.25) is 0 Å². The summed E-state index contributed by atoms with van der Waals surface area (Å²) in [5, 5.41) is 9.07. The van der Waals surface area contributed by atoms with Crippen molar-refractivity contribution in [2.75, 3.05) is 25.1 Å². The quantitative estimate of drug-likeness (QED) is 0.875. The zero-order valence-corrected chi connectivity index (χ0v) is 10.0. The maximum Gasteiger partial charge on any atom is 0.125 e. The predicted molar refractivity (Wildman–Crippen MR) is 64.6 cm³/mol. The van der Waals surface area contributed by atoms with Crippen molar-refractivity contribution in [3.05, 3.63) is 29.6 Å². The minimum absolute atomic E-state index is 0.133. The lowest BCUT2D eigenvalue weighted by molar-refractivity contribution is 0.0893. The molecule has 1 saturated heterocycles. The second-order valence-corrected chi connectivity index (χ2v) is 4.42. The second kappa shape index (κ2) is 5.47. The van der Waals surface area contributed by atoms with Gasteiger partial charge in [-0.25, -0.2) is 4.39 Å². The van der Waals surface area contributed by atoms with Crippen LogP contribution in [0.4, 0.5) is 10.1 Å². The summed E-state index contributed by atoms with van der Waals surface area (Å²) >= 11 is 0. The Morgan fingerprint density at radius 3 is 3.00 bits per heavy atom. The second-order valence-electron chi connectivity index (χ2n) is 4.42. The van der Waals surface area contributed by atoms with Crippen molar-refractivity contribution >= 4 is 5.69 Å². The van der Waals surface area contributed by atoms with E-state index in [-0.39, 0.29) is 18.5 Å². The van der Waals surface area contributed by atoms with Crippen LogP contribution in [0.1, 0.15) is 18.4 Å². The van der Waals surface area contributed by atoms with Gasteiger partial charge in [-0.1, -0.05) is 0 Å². The van der Waals surface area contributed by atoms with E-state index >= 15 is 0 Å². The maximum absolute atomic E-state index is 13.4. The molecule has 0 saturated carbocycles. The van der Waals surface area contributed by atoms with Crippen LogP contribution < -0.4 is 4.90 Å². The van der Waals surface area contributed by atoms with Gasteiger partial charge in [0, 0.05) is 25.9 Å². The third kappa shape index (κ3) is 2.96. The van der Waals surface area contributed by atoms with Crippen LogP contribution in [0.25, 0.3) is 0 Å². The number of rotatable bonds is 3. The summed E-state index contributed by atoms with van der Waals surface area (Å²) in [5.74, 6) is -0.300. The van der Waals surface area contributed by atoms with Crippen LogP contribution in [0, 0.1) is 5.82 Å². The van der Waals surface area contributed by atoms with Crippen LogP contribution in [0.5, 0.6) is 0 Å². The highest BCUT2D eigenvalue weighted by molar-refractivity contribution is 5.49. The molecule has 1 aromatic carbocycles. The minimum atomic E-state index is -0.300. The van der Waals surface area contributed by atoms with Crippen LogP contribution in [0.2, 0.25) is 0 Å². The summed E-state index contributed by atoms with van der Waals surface area (Å²) in [5.41, 5.74) is 1.44. The Morgan fingerprint density at radius 1 is 1.47 bits per heavy atom. The Kier molecular flexibility index (Phi) is 3.97. The molecule has 0 bridgehead atoms. The number of hydrogen-bond acceptors (Lipinski definition) is 3. The number of ether oxygens (including phenoxy) is 1. The zero-order chi connectivity index (χ0) is 12.3. The third-order valence-electron chi connectivity index (χ3n) is 3.20. The molecule has 1 aromatic rings. The lowest BCUT2D eigenvalue weighted by Crippen LogP contribution is -2.39. The first kappa shape index (κ1) is 12.3. The maximum atomic E-state index is 13.4. The van der Waals surface area contributed by atoms with E-state index in [4.69, 9.17) is 9.84 Å². The number of piperidine rings is 1. The van der Waals surface area contributed by atoms with Gasteiger partial charge in [0.1, 0.15) is 5.82 Å². The number of aliphatic hydroxyl groups is 1. The van der Waals surface area contributed by atoms with Crippen molar-refractivity contribution in [3.8, 4) is 0 Å². The Labute approximate surface area is 101 Å². The molecule has 0 amide bonds. The Bertz CT molecular complexity index is 384. The van der Waals surface area contributed by atoms with Crippen LogP contribution >= 0.6 is 0 Å². The standard InChI is InChI=1S/C13H18FNO2/c1-17-13-3-2-4-15(8-13)12-6-10(9-16)5-11(14)7-12/h5-7,13,16H,2-4,8-9H2,1H3. The zero-order valence-electron chi connectivity index (χ0n) is 10.0. The van der Waals surface area contributed by atoms with Gasteiger partial charge in [0.2, 0.25) is 0 Å². The molecule has 1 atom stereocenters. The average Bonchev–Trinajstić information content (AvgIpc) is 2.38. The van der Waals surface area contributed by atoms with E-state index in [0.29, 0.717) is 5.56 Å². The molecule has 3 nitrogen and oxygen atoms in total. The van der Waals surface area contributed by atoms with Gasteiger partial charge in [-0.2, -0.15) is 0 Å². The molecule has 1 fully saturated rings. The monoisotopic (exact) mass is 239 g/mol. The van der Waals surface area contributed by atoms with Gasteiger partial charge in [0.25, 0.3) is 0 Å². The SMILES string of the molecule is COC1CCCN(c2cc(F)cc(CO)c2)C1. The number of methoxy groups -OCH3 is 1. The molecular formula is C13H18FNO2. The summed E-state index contributed by atoms with van der Waals surface area (Å²) in [7, 11) is 1.71. The van der Waals surface area contributed by atoms with Gasteiger partial charge in [-0.15, -0.1) is 0 Å². The van der Waals surface area contributed by atoms with Crippen molar-refractivity contribution in [1.29, 1.82) is 0 Å². The summed E-state index contributed by atoms with van der Waals surface area (Å²) in [4.78, 5) is 2.11. The normalized spacial score (nSPS) is 20.6. The lowest BCUT2D eigenvalue weighted by atomic mass is 10.1. The molecule has 1 aliphatic heterocycles. The summed E-state index contributed by atoms with van der Waals surface area (Å²) < 4.78 is 18.7. The van der Waals surface area contributed by atoms with Gasteiger partial charge in [-0.05, 0) is 36.6 Å². The van der Waals surface area contributed by atoms with Crippen LogP contribution in [-0.2, 0) is 11.3 Å². The Hall–Kier alpha value is -1.13. The van der Waals surface area contributed by atoms with E-state index in [1.165, 1.54) is 12.1 Å². The molecule has 0 spiro atoms. The summed E-state index contributed by atoms with van der Waals surface area (Å²) in [6.45, 7) is 1.56. The van der Waals surface area contributed by atoms with Crippen molar-refractivity contribution in [3.63, 3.8) is 0 Å². The fourth-order valence-corrected chi connectivity index (χ4v) is 2.27. The number of anilines is 1. The molecule has 1 unspecified atom stereocenters. The summed E-state index contributed by atoms with van der Waals surface area (Å²) in [6, 6.07) is 4.71. The Morgan fingerprint density at radius 2 is 2.29 bits per heavy atom.